The van der Waals surface area contributed by atoms with Gasteiger partial charge in [0.05, 0.1) is 6.20 Å². The van der Waals surface area contributed by atoms with Gasteiger partial charge in [0.1, 0.15) is 0 Å². The Kier molecular flexibility index (Phi) is 5.44. The molecular formula is C16H29N3. The van der Waals surface area contributed by atoms with Gasteiger partial charge in [-0.15, -0.1) is 0 Å². The van der Waals surface area contributed by atoms with Gasteiger partial charge >= 0.3 is 0 Å². The Morgan fingerprint density at radius 1 is 1.26 bits per heavy atom. The summed E-state index contributed by atoms with van der Waals surface area (Å²) in [5.74, 6) is 1.88. The average Bonchev–Trinajstić information content (AvgIpc) is 2.94. The third-order valence-electron chi connectivity index (χ3n) is 4.73. The molecule has 1 saturated carbocycles. The van der Waals surface area contributed by atoms with Gasteiger partial charge in [0, 0.05) is 24.3 Å². The molecule has 0 radical (unpaired) electrons. The molecule has 108 valence electrons. The van der Waals surface area contributed by atoms with Gasteiger partial charge in [-0.3, -0.25) is 4.68 Å². The van der Waals surface area contributed by atoms with Crippen LogP contribution in [0.5, 0.6) is 0 Å². The zero-order valence-electron chi connectivity index (χ0n) is 12.7. The Hall–Kier alpha value is -0.830. The maximum atomic E-state index is 4.35. The average molecular weight is 263 g/mol. The lowest BCUT2D eigenvalue weighted by Crippen LogP contribution is -2.28. The van der Waals surface area contributed by atoms with Crippen LogP contribution in [-0.2, 0) is 6.54 Å². The van der Waals surface area contributed by atoms with Crippen LogP contribution < -0.4 is 5.32 Å². The molecular weight excluding hydrogens is 234 g/mol. The van der Waals surface area contributed by atoms with E-state index in [1.807, 2.05) is 10.9 Å². The van der Waals surface area contributed by atoms with Crippen molar-refractivity contribution >= 4 is 0 Å². The van der Waals surface area contributed by atoms with Crippen molar-refractivity contribution in [1.29, 1.82) is 0 Å². The normalized spacial score (nSPS) is 25.4. The minimum absolute atomic E-state index is 0.421. The summed E-state index contributed by atoms with van der Waals surface area (Å²) in [5.41, 5.74) is 1.31. The number of aromatic nitrogens is 2. The number of rotatable bonds is 6. The van der Waals surface area contributed by atoms with Gasteiger partial charge in [0.25, 0.3) is 0 Å². The van der Waals surface area contributed by atoms with E-state index in [0.717, 1.165) is 24.9 Å². The molecule has 1 unspecified atom stereocenters. The number of aryl methyl sites for hydroxylation is 1. The predicted molar refractivity (Wildman–Crippen MR) is 80.1 cm³/mol. The van der Waals surface area contributed by atoms with Gasteiger partial charge in [0.2, 0.25) is 0 Å². The third kappa shape index (κ3) is 4.07. The highest BCUT2D eigenvalue weighted by Gasteiger charge is 2.20. The number of hydrogen-bond acceptors (Lipinski definition) is 2. The summed E-state index contributed by atoms with van der Waals surface area (Å²) in [4.78, 5) is 0. The number of nitrogens with zero attached hydrogens (tertiary/aromatic N) is 2. The van der Waals surface area contributed by atoms with Crippen molar-refractivity contribution in [3.63, 3.8) is 0 Å². The maximum Gasteiger partial charge on any atom is 0.0537 e. The summed E-state index contributed by atoms with van der Waals surface area (Å²) >= 11 is 0. The molecule has 1 fully saturated rings. The minimum Gasteiger partial charge on any atom is -0.310 e. The lowest BCUT2D eigenvalue weighted by atomic mass is 9.81. The minimum atomic E-state index is 0.421. The molecule has 2 rings (SSSR count). The molecule has 1 aromatic heterocycles. The van der Waals surface area contributed by atoms with Crippen molar-refractivity contribution in [2.45, 2.75) is 65.5 Å². The van der Waals surface area contributed by atoms with E-state index in [9.17, 15) is 0 Å². The van der Waals surface area contributed by atoms with Crippen LogP contribution in [0.1, 0.15) is 64.5 Å². The summed E-state index contributed by atoms with van der Waals surface area (Å²) in [5, 5.41) is 8.03. The first kappa shape index (κ1) is 14.6. The quantitative estimate of drug-likeness (QED) is 0.846. The molecule has 0 amide bonds. The van der Waals surface area contributed by atoms with Crippen molar-refractivity contribution in [3.8, 4) is 0 Å². The van der Waals surface area contributed by atoms with Gasteiger partial charge in [-0.1, -0.05) is 26.2 Å². The Morgan fingerprint density at radius 3 is 2.53 bits per heavy atom. The highest BCUT2D eigenvalue weighted by Crippen LogP contribution is 2.30. The first-order valence-electron chi connectivity index (χ1n) is 7.98. The van der Waals surface area contributed by atoms with Crippen LogP contribution in [0.2, 0.25) is 0 Å². The van der Waals surface area contributed by atoms with E-state index in [1.165, 1.54) is 37.7 Å². The molecule has 0 saturated heterocycles. The van der Waals surface area contributed by atoms with Crippen LogP contribution in [0.4, 0.5) is 0 Å². The highest BCUT2D eigenvalue weighted by molar-refractivity contribution is 5.09. The van der Waals surface area contributed by atoms with Crippen LogP contribution in [0.25, 0.3) is 0 Å². The van der Waals surface area contributed by atoms with E-state index in [4.69, 9.17) is 0 Å². The van der Waals surface area contributed by atoms with Crippen LogP contribution >= 0.6 is 0 Å². The first-order valence-corrected chi connectivity index (χ1v) is 7.98. The third-order valence-corrected chi connectivity index (χ3v) is 4.73. The summed E-state index contributed by atoms with van der Waals surface area (Å²) in [6, 6.07) is 0.421. The largest absolute Gasteiger partial charge is 0.310 e. The fraction of sp³-hybridized carbons (Fsp3) is 0.812. The monoisotopic (exact) mass is 263 g/mol. The van der Waals surface area contributed by atoms with Gasteiger partial charge in [-0.25, -0.2) is 0 Å². The number of hydrogen-bond donors (Lipinski definition) is 1. The molecule has 1 atom stereocenters. The van der Waals surface area contributed by atoms with Crippen LogP contribution in [0, 0.1) is 11.8 Å². The Labute approximate surface area is 117 Å². The highest BCUT2D eigenvalue weighted by atomic mass is 15.3. The van der Waals surface area contributed by atoms with Crippen LogP contribution in [-0.4, -0.2) is 16.3 Å². The van der Waals surface area contributed by atoms with E-state index in [1.54, 1.807) is 0 Å². The summed E-state index contributed by atoms with van der Waals surface area (Å²) in [6.45, 7) is 8.81. The molecule has 3 heteroatoms. The van der Waals surface area contributed by atoms with Gasteiger partial charge in [0.15, 0.2) is 0 Å². The van der Waals surface area contributed by atoms with Gasteiger partial charge < -0.3 is 5.32 Å². The lowest BCUT2D eigenvalue weighted by molar-refractivity contribution is 0.258. The smallest absolute Gasteiger partial charge is 0.0537 e. The van der Waals surface area contributed by atoms with E-state index in [2.05, 4.69) is 37.4 Å². The summed E-state index contributed by atoms with van der Waals surface area (Å²) in [6.07, 6.45) is 11.2. The lowest BCUT2D eigenvalue weighted by Gasteiger charge is -2.28. The van der Waals surface area contributed by atoms with Crippen molar-refractivity contribution in [2.75, 3.05) is 6.54 Å². The van der Waals surface area contributed by atoms with Crippen molar-refractivity contribution in [1.82, 2.24) is 15.1 Å². The van der Waals surface area contributed by atoms with Crippen molar-refractivity contribution in [3.05, 3.63) is 18.0 Å². The number of nitrogens with one attached hydrogen (secondary N) is 1. The second kappa shape index (κ2) is 7.09. The van der Waals surface area contributed by atoms with Crippen molar-refractivity contribution in [2.24, 2.45) is 11.8 Å². The Balaban J connectivity index is 1.73. The van der Waals surface area contributed by atoms with E-state index < -0.39 is 0 Å². The Morgan fingerprint density at radius 2 is 1.95 bits per heavy atom. The molecule has 1 heterocycles. The first-order chi connectivity index (χ1) is 9.22. The molecule has 3 nitrogen and oxygen atoms in total. The predicted octanol–water partition coefficient (Wildman–Crippen LogP) is 3.77. The molecule has 0 aromatic carbocycles. The second-order valence-electron chi connectivity index (χ2n) is 6.05. The molecule has 1 aromatic rings. The van der Waals surface area contributed by atoms with Crippen molar-refractivity contribution < 1.29 is 0 Å². The zero-order chi connectivity index (χ0) is 13.7. The van der Waals surface area contributed by atoms with Gasteiger partial charge in [-0.05, 0) is 45.1 Å². The fourth-order valence-corrected chi connectivity index (χ4v) is 3.08. The van der Waals surface area contributed by atoms with E-state index in [-0.39, 0.29) is 0 Å². The molecule has 0 bridgehead atoms. The van der Waals surface area contributed by atoms with Gasteiger partial charge in [-0.2, -0.15) is 5.10 Å². The standard InChI is InChI=1S/C16H29N3/c1-4-14-6-8-15(9-7-14)10-17-13(3)16-11-18-19(5-2)12-16/h11-15,17H,4-10H2,1-3H3. The Bertz CT molecular complexity index is 364. The maximum absolute atomic E-state index is 4.35. The van der Waals surface area contributed by atoms with Crippen LogP contribution in [0.3, 0.4) is 0 Å². The summed E-state index contributed by atoms with van der Waals surface area (Å²) in [7, 11) is 0. The van der Waals surface area contributed by atoms with E-state index >= 15 is 0 Å². The molecule has 0 aliphatic heterocycles. The molecule has 1 N–H and O–H groups in total. The topological polar surface area (TPSA) is 29.9 Å². The molecule has 0 spiro atoms. The second-order valence-corrected chi connectivity index (χ2v) is 6.05. The zero-order valence-corrected chi connectivity index (χ0v) is 12.7. The molecule has 1 aliphatic carbocycles. The van der Waals surface area contributed by atoms with E-state index in [0.29, 0.717) is 6.04 Å². The molecule has 1 aliphatic rings. The van der Waals surface area contributed by atoms with Crippen LogP contribution in [0.15, 0.2) is 12.4 Å². The summed E-state index contributed by atoms with van der Waals surface area (Å²) < 4.78 is 2.00. The SMILES string of the molecule is CCC1CCC(CNC(C)c2cnn(CC)c2)CC1. The molecule has 19 heavy (non-hydrogen) atoms. The fourth-order valence-electron chi connectivity index (χ4n) is 3.08.